The number of carbonyl (C=O) groups is 3. The SMILES string of the molecule is CC(=O)CC(C)C1(C)C(=O)CCC1=O. The van der Waals surface area contributed by atoms with Gasteiger partial charge in [0.05, 0.1) is 5.41 Å². The maximum Gasteiger partial charge on any atom is 0.146 e. The third kappa shape index (κ3) is 1.63. The molecule has 0 aromatic heterocycles. The van der Waals surface area contributed by atoms with Crippen molar-refractivity contribution in [2.75, 3.05) is 0 Å². The molecule has 0 amide bonds. The van der Waals surface area contributed by atoms with Crippen LogP contribution in [0.1, 0.15) is 40.0 Å². The molecule has 0 aromatic carbocycles. The highest BCUT2D eigenvalue weighted by Gasteiger charge is 2.48. The predicted molar refractivity (Wildman–Crippen MR) is 51.8 cm³/mol. The van der Waals surface area contributed by atoms with Crippen molar-refractivity contribution in [3.05, 3.63) is 0 Å². The molecule has 0 aliphatic heterocycles. The van der Waals surface area contributed by atoms with E-state index < -0.39 is 5.41 Å². The summed E-state index contributed by atoms with van der Waals surface area (Å²) in [6.45, 7) is 4.98. The fourth-order valence-electron chi connectivity index (χ4n) is 2.09. The van der Waals surface area contributed by atoms with E-state index in [-0.39, 0.29) is 23.3 Å². The van der Waals surface area contributed by atoms with Crippen LogP contribution < -0.4 is 0 Å². The van der Waals surface area contributed by atoms with Gasteiger partial charge >= 0.3 is 0 Å². The van der Waals surface area contributed by atoms with E-state index in [9.17, 15) is 14.4 Å². The average Bonchev–Trinajstić information content (AvgIpc) is 2.33. The van der Waals surface area contributed by atoms with Crippen molar-refractivity contribution in [1.82, 2.24) is 0 Å². The maximum atomic E-state index is 11.6. The van der Waals surface area contributed by atoms with Gasteiger partial charge in [-0.05, 0) is 19.8 Å². The molecule has 1 rings (SSSR count). The first-order chi connectivity index (χ1) is 6.39. The van der Waals surface area contributed by atoms with Gasteiger partial charge in [-0.3, -0.25) is 9.59 Å². The van der Waals surface area contributed by atoms with Crippen LogP contribution in [0.5, 0.6) is 0 Å². The van der Waals surface area contributed by atoms with Gasteiger partial charge in [0.1, 0.15) is 17.3 Å². The van der Waals surface area contributed by atoms with Crippen molar-refractivity contribution in [3.63, 3.8) is 0 Å². The van der Waals surface area contributed by atoms with Gasteiger partial charge in [0.15, 0.2) is 0 Å². The Labute approximate surface area is 83.9 Å². The number of rotatable bonds is 3. The molecule has 1 fully saturated rings. The summed E-state index contributed by atoms with van der Waals surface area (Å²) in [6.07, 6.45) is 1.00. The van der Waals surface area contributed by atoms with Crippen LogP contribution in [0, 0.1) is 11.3 Å². The standard InChI is InChI=1S/C11H16O3/c1-7(6-8(2)12)11(3)9(13)4-5-10(11)14/h7H,4-6H2,1-3H3. The fraction of sp³-hybridized carbons (Fsp3) is 0.727. The van der Waals surface area contributed by atoms with E-state index >= 15 is 0 Å². The summed E-state index contributed by atoms with van der Waals surface area (Å²) >= 11 is 0. The number of hydrogen-bond donors (Lipinski definition) is 0. The van der Waals surface area contributed by atoms with Crippen LogP contribution >= 0.6 is 0 Å². The van der Waals surface area contributed by atoms with Gasteiger partial charge in [-0.25, -0.2) is 0 Å². The van der Waals surface area contributed by atoms with E-state index in [1.165, 1.54) is 6.92 Å². The first-order valence-electron chi connectivity index (χ1n) is 4.95. The normalized spacial score (nSPS) is 22.5. The van der Waals surface area contributed by atoms with E-state index in [4.69, 9.17) is 0 Å². The van der Waals surface area contributed by atoms with Gasteiger partial charge in [-0.15, -0.1) is 0 Å². The van der Waals surface area contributed by atoms with Gasteiger partial charge < -0.3 is 4.79 Å². The topological polar surface area (TPSA) is 51.2 Å². The molecule has 1 saturated carbocycles. The summed E-state index contributed by atoms with van der Waals surface area (Å²) in [6, 6.07) is 0. The van der Waals surface area contributed by atoms with Crippen molar-refractivity contribution in [1.29, 1.82) is 0 Å². The minimum atomic E-state index is -0.897. The number of carbonyl (C=O) groups excluding carboxylic acids is 3. The van der Waals surface area contributed by atoms with Crippen molar-refractivity contribution in [2.24, 2.45) is 11.3 Å². The molecule has 1 aliphatic rings. The molecule has 0 spiro atoms. The second-order valence-corrected chi connectivity index (χ2v) is 4.36. The maximum absolute atomic E-state index is 11.6. The molecule has 0 heterocycles. The van der Waals surface area contributed by atoms with Gasteiger partial charge in [-0.2, -0.15) is 0 Å². The summed E-state index contributed by atoms with van der Waals surface area (Å²) in [4.78, 5) is 34.1. The minimum Gasteiger partial charge on any atom is -0.300 e. The lowest BCUT2D eigenvalue weighted by Gasteiger charge is -2.27. The van der Waals surface area contributed by atoms with Crippen LogP contribution in [0.25, 0.3) is 0 Å². The van der Waals surface area contributed by atoms with Gasteiger partial charge in [0, 0.05) is 19.3 Å². The zero-order chi connectivity index (χ0) is 10.9. The highest BCUT2D eigenvalue weighted by atomic mass is 16.2. The Balaban J connectivity index is 2.87. The highest BCUT2D eigenvalue weighted by molar-refractivity contribution is 6.12. The van der Waals surface area contributed by atoms with E-state index in [1.807, 2.05) is 6.92 Å². The van der Waals surface area contributed by atoms with Crippen LogP contribution in [0.4, 0.5) is 0 Å². The molecule has 1 atom stereocenters. The molecule has 1 aliphatic carbocycles. The summed E-state index contributed by atoms with van der Waals surface area (Å²) in [5.74, 6) is -0.138. The lowest BCUT2D eigenvalue weighted by atomic mass is 9.73. The average molecular weight is 196 g/mol. The molecule has 0 saturated heterocycles. The van der Waals surface area contributed by atoms with Crippen molar-refractivity contribution in [3.8, 4) is 0 Å². The number of Topliss-reactive ketones (excluding diaryl/α,β-unsaturated/α-hetero) is 3. The Morgan fingerprint density at radius 1 is 1.36 bits per heavy atom. The van der Waals surface area contributed by atoms with Crippen molar-refractivity contribution < 1.29 is 14.4 Å². The molecule has 0 bridgehead atoms. The summed E-state index contributed by atoms with van der Waals surface area (Å²) < 4.78 is 0. The van der Waals surface area contributed by atoms with Crippen LogP contribution in [0.15, 0.2) is 0 Å². The third-order valence-electron chi connectivity index (χ3n) is 3.32. The molecule has 0 N–H and O–H groups in total. The molecule has 3 heteroatoms. The highest BCUT2D eigenvalue weighted by Crippen LogP contribution is 2.39. The first kappa shape index (κ1) is 11.1. The molecule has 14 heavy (non-hydrogen) atoms. The molecular formula is C11H16O3. The molecule has 3 nitrogen and oxygen atoms in total. The van der Waals surface area contributed by atoms with Gasteiger partial charge in [0.25, 0.3) is 0 Å². The van der Waals surface area contributed by atoms with E-state index in [2.05, 4.69) is 0 Å². The van der Waals surface area contributed by atoms with Crippen LogP contribution in [0.2, 0.25) is 0 Å². The van der Waals surface area contributed by atoms with E-state index in [1.54, 1.807) is 6.92 Å². The summed E-state index contributed by atoms with van der Waals surface area (Å²) in [5.41, 5.74) is -0.897. The molecule has 78 valence electrons. The van der Waals surface area contributed by atoms with Gasteiger partial charge in [0.2, 0.25) is 0 Å². The zero-order valence-electron chi connectivity index (χ0n) is 8.92. The molecule has 0 radical (unpaired) electrons. The smallest absolute Gasteiger partial charge is 0.146 e. The molecule has 1 unspecified atom stereocenters. The van der Waals surface area contributed by atoms with E-state index in [0.717, 1.165) is 0 Å². The lowest BCUT2D eigenvalue weighted by molar-refractivity contribution is -0.137. The van der Waals surface area contributed by atoms with Crippen LogP contribution in [0.3, 0.4) is 0 Å². The Bertz CT molecular complexity index is 275. The zero-order valence-corrected chi connectivity index (χ0v) is 8.92. The Morgan fingerprint density at radius 3 is 2.14 bits per heavy atom. The fourth-order valence-corrected chi connectivity index (χ4v) is 2.09. The second kappa shape index (κ2) is 3.64. The van der Waals surface area contributed by atoms with Crippen molar-refractivity contribution >= 4 is 17.3 Å². The van der Waals surface area contributed by atoms with Gasteiger partial charge in [-0.1, -0.05) is 6.92 Å². The summed E-state index contributed by atoms with van der Waals surface area (Å²) in [7, 11) is 0. The largest absolute Gasteiger partial charge is 0.300 e. The number of hydrogen-bond acceptors (Lipinski definition) is 3. The number of ketones is 3. The van der Waals surface area contributed by atoms with E-state index in [0.29, 0.717) is 19.3 Å². The van der Waals surface area contributed by atoms with Crippen molar-refractivity contribution in [2.45, 2.75) is 40.0 Å². The lowest BCUT2D eigenvalue weighted by Crippen LogP contribution is -2.37. The quantitative estimate of drug-likeness (QED) is 0.643. The predicted octanol–water partition coefficient (Wildman–Crippen LogP) is 1.54. The molecular weight excluding hydrogens is 180 g/mol. The van der Waals surface area contributed by atoms with Crippen LogP contribution in [-0.4, -0.2) is 17.3 Å². The van der Waals surface area contributed by atoms with Crippen LogP contribution in [-0.2, 0) is 14.4 Å². The monoisotopic (exact) mass is 196 g/mol. The Kier molecular flexibility index (Phi) is 2.88. The second-order valence-electron chi connectivity index (χ2n) is 4.36. The Hall–Kier alpha value is -0.990. The molecule has 0 aromatic rings. The third-order valence-corrected chi connectivity index (χ3v) is 3.32. The Morgan fingerprint density at radius 2 is 1.79 bits per heavy atom. The first-order valence-corrected chi connectivity index (χ1v) is 4.95. The minimum absolute atomic E-state index is 0.00347. The summed E-state index contributed by atoms with van der Waals surface area (Å²) in [5, 5.41) is 0.